The first-order valence-electron chi connectivity index (χ1n) is 9.34. The summed E-state index contributed by atoms with van der Waals surface area (Å²) in [5, 5.41) is 0. The minimum atomic E-state index is -0.144. The van der Waals surface area contributed by atoms with Crippen molar-refractivity contribution in [3.63, 3.8) is 0 Å². The summed E-state index contributed by atoms with van der Waals surface area (Å²) >= 11 is 0. The normalized spacial score (nSPS) is 16.1. The van der Waals surface area contributed by atoms with Crippen molar-refractivity contribution in [1.82, 2.24) is 14.8 Å². The summed E-state index contributed by atoms with van der Waals surface area (Å²) in [7, 11) is 0. The average Bonchev–Trinajstić information content (AvgIpc) is 2.97. The SMILES string of the molecule is Cc1nc(C(C)(C)C)oc1CC(=O)N1CCN(Cc2ccccc2)CC1. The minimum absolute atomic E-state index is 0.129. The lowest BCUT2D eigenvalue weighted by Crippen LogP contribution is -2.48. The van der Waals surface area contributed by atoms with E-state index in [1.165, 1.54) is 5.56 Å². The van der Waals surface area contributed by atoms with Gasteiger partial charge in [-0.05, 0) is 12.5 Å². The highest BCUT2D eigenvalue weighted by Gasteiger charge is 2.26. The molecule has 1 saturated heterocycles. The van der Waals surface area contributed by atoms with E-state index >= 15 is 0 Å². The van der Waals surface area contributed by atoms with E-state index in [0.29, 0.717) is 18.1 Å². The van der Waals surface area contributed by atoms with Crippen molar-refractivity contribution >= 4 is 5.91 Å². The lowest BCUT2D eigenvalue weighted by Gasteiger charge is -2.34. The van der Waals surface area contributed by atoms with Gasteiger partial charge in [0.1, 0.15) is 5.76 Å². The predicted molar refractivity (Wildman–Crippen MR) is 102 cm³/mol. The van der Waals surface area contributed by atoms with E-state index in [1.54, 1.807) is 0 Å². The Labute approximate surface area is 156 Å². The molecule has 1 aliphatic rings. The first-order valence-corrected chi connectivity index (χ1v) is 9.34. The van der Waals surface area contributed by atoms with Crippen LogP contribution in [0.25, 0.3) is 0 Å². The van der Waals surface area contributed by atoms with Gasteiger partial charge in [0, 0.05) is 38.1 Å². The molecule has 1 aromatic heterocycles. The molecule has 0 atom stereocenters. The molecule has 0 N–H and O–H groups in total. The third-order valence-electron chi connectivity index (χ3n) is 4.82. The van der Waals surface area contributed by atoms with E-state index < -0.39 is 0 Å². The number of aromatic nitrogens is 1. The summed E-state index contributed by atoms with van der Waals surface area (Å²) in [6.45, 7) is 12.4. The Hall–Kier alpha value is -2.14. The third kappa shape index (κ3) is 4.52. The summed E-state index contributed by atoms with van der Waals surface area (Å²) in [4.78, 5) is 21.5. The Kier molecular flexibility index (Phi) is 5.47. The summed E-state index contributed by atoms with van der Waals surface area (Å²) < 4.78 is 5.87. The summed E-state index contributed by atoms with van der Waals surface area (Å²) in [6.07, 6.45) is 0.299. The van der Waals surface area contributed by atoms with Gasteiger partial charge in [-0.15, -0.1) is 0 Å². The van der Waals surface area contributed by atoms with Crippen LogP contribution >= 0.6 is 0 Å². The van der Waals surface area contributed by atoms with Crippen LogP contribution in [0.1, 0.15) is 43.7 Å². The van der Waals surface area contributed by atoms with Crippen molar-refractivity contribution < 1.29 is 9.21 Å². The first-order chi connectivity index (χ1) is 12.3. The fourth-order valence-corrected chi connectivity index (χ4v) is 3.16. The van der Waals surface area contributed by atoms with E-state index in [4.69, 9.17) is 4.42 Å². The standard InChI is InChI=1S/C21H29N3O2/c1-16-18(26-20(22-16)21(2,3)4)14-19(25)24-12-10-23(11-13-24)15-17-8-6-5-7-9-17/h5-9H,10-15H2,1-4H3. The van der Waals surface area contributed by atoms with E-state index in [2.05, 4.69) is 54.9 Å². The second-order valence-corrected chi connectivity index (χ2v) is 8.10. The number of oxazole rings is 1. The van der Waals surface area contributed by atoms with Gasteiger partial charge in [0.05, 0.1) is 12.1 Å². The largest absolute Gasteiger partial charge is 0.444 e. The second kappa shape index (κ2) is 7.62. The van der Waals surface area contributed by atoms with Crippen molar-refractivity contribution in [3.8, 4) is 0 Å². The van der Waals surface area contributed by atoms with Crippen molar-refractivity contribution in [2.24, 2.45) is 0 Å². The van der Waals surface area contributed by atoms with Crippen LogP contribution in [0.4, 0.5) is 0 Å². The molecule has 5 heteroatoms. The number of amides is 1. The molecule has 3 rings (SSSR count). The predicted octanol–water partition coefficient (Wildman–Crippen LogP) is 3.17. The van der Waals surface area contributed by atoms with Crippen LogP contribution in [0.5, 0.6) is 0 Å². The molecule has 0 aliphatic carbocycles. The highest BCUT2D eigenvalue weighted by Crippen LogP contribution is 2.24. The number of hydrogen-bond donors (Lipinski definition) is 0. The maximum Gasteiger partial charge on any atom is 0.230 e. The number of piperazine rings is 1. The van der Waals surface area contributed by atoms with Crippen LogP contribution in [0, 0.1) is 6.92 Å². The Morgan fingerprint density at radius 3 is 2.35 bits per heavy atom. The molecule has 0 spiro atoms. The molecule has 0 bridgehead atoms. The number of nitrogens with zero attached hydrogens (tertiary/aromatic N) is 3. The lowest BCUT2D eigenvalue weighted by atomic mass is 9.97. The summed E-state index contributed by atoms with van der Waals surface area (Å²) in [5.41, 5.74) is 2.00. The molecule has 0 unspecified atom stereocenters. The molecule has 26 heavy (non-hydrogen) atoms. The van der Waals surface area contributed by atoms with E-state index in [-0.39, 0.29) is 11.3 Å². The second-order valence-electron chi connectivity index (χ2n) is 8.10. The fraction of sp³-hybridized carbons (Fsp3) is 0.524. The minimum Gasteiger partial charge on any atom is -0.444 e. The Bertz CT molecular complexity index is 738. The highest BCUT2D eigenvalue weighted by atomic mass is 16.4. The fourth-order valence-electron chi connectivity index (χ4n) is 3.16. The molecule has 140 valence electrons. The molecular formula is C21H29N3O2. The van der Waals surface area contributed by atoms with Crippen molar-refractivity contribution in [3.05, 3.63) is 53.2 Å². The molecule has 2 heterocycles. The van der Waals surface area contributed by atoms with Gasteiger partial charge in [-0.25, -0.2) is 4.98 Å². The Morgan fingerprint density at radius 1 is 1.12 bits per heavy atom. The molecule has 1 aromatic carbocycles. The van der Waals surface area contributed by atoms with Gasteiger partial charge < -0.3 is 9.32 Å². The molecule has 0 radical (unpaired) electrons. The van der Waals surface area contributed by atoms with Crippen LogP contribution in [-0.4, -0.2) is 46.9 Å². The molecule has 1 fully saturated rings. The van der Waals surface area contributed by atoms with Crippen molar-refractivity contribution in [2.75, 3.05) is 26.2 Å². The zero-order valence-corrected chi connectivity index (χ0v) is 16.3. The van der Waals surface area contributed by atoms with E-state index in [0.717, 1.165) is 38.4 Å². The topological polar surface area (TPSA) is 49.6 Å². The quantitative estimate of drug-likeness (QED) is 0.845. The Balaban J connectivity index is 1.53. The number of rotatable bonds is 4. The maximum absolute atomic E-state index is 12.7. The van der Waals surface area contributed by atoms with Gasteiger partial charge in [0.25, 0.3) is 0 Å². The van der Waals surface area contributed by atoms with E-state index in [1.807, 2.05) is 17.9 Å². The van der Waals surface area contributed by atoms with Gasteiger partial charge in [-0.3, -0.25) is 9.69 Å². The maximum atomic E-state index is 12.7. The number of carbonyl (C=O) groups excluding carboxylic acids is 1. The molecular weight excluding hydrogens is 326 g/mol. The number of hydrogen-bond acceptors (Lipinski definition) is 4. The average molecular weight is 355 g/mol. The summed E-state index contributed by atoms with van der Waals surface area (Å²) in [6, 6.07) is 10.5. The van der Waals surface area contributed by atoms with Crippen LogP contribution in [-0.2, 0) is 23.2 Å². The third-order valence-corrected chi connectivity index (χ3v) is 4.82. The highest BCUT2D eigenvalue weighted by molar-refractivity contribution is 5.78. The van der Waals surface area contributed by atoms with Crippen molar-refractivity contribution in [1.29, 1.82) is 0 Å². The van der Waals surface area contributed by atoms with Gasteiger partial charge in [0.15, 0.2) is 5.89 Å². The van der Waals surface area contributed by atoms with Gasteiger partial charge >= 0.3 is 0 Å². The van der Waals surface area contributed by atoms with Gasteiger partial charge in [-0.1, -0.05) is 51.1 Å². The zero-order valence-electron chi connectivity index (χ0n) is 16.3. The summed E-state index contributed by atoms with van der Waals surface area (Å²) in [5.74, 6) is 1.53. The number of benzene rings is 1. The van der Waals surface area contributed by atoms with Crippen LogP contribution in [0.3, 0.4) is 0 Å². The Morgan fingerprint density at radius 2 is 1.77 bits per heavy atom. The van der Waals surface area contributed by atoms with Crippen LogP contribution < -0.4 is 0 Å². The molecule has 1 aliphatic heterocycles. The number of carbonyl (C=O) groups is 1. The molecule has 2 aromatic rings. The van der Waals surface area contributed by atoms with Gasteiger partial charge in [-0.2, -0.15) is 0 Å². The van der Waals surface area contributed by atoms with E-state index in [9.17, 15) is 4.79 Å². The van der Waals surface area contributed by atoms with Crippen LogP contribution in [0.15, 0.2) is 34.7 Å². The molecule has 0 saturated carbocycles. The molecule has 1 amide bonds. The van der Waals surface area contributed by atoms with Gasteiger partial charge in [0.2, 0.25) is 5.91 Å². The molecule has 5 nitrogen and oxygen atoms in total. The zero-order chi connectivity index (χ0) is 18.7. The van der Waals surface area contributed by atoms with Crippen LogP contribution in [0.2, 0.25) is 0 Å². The number of aryl methyl sites for hydroxylation is 1. The van der Waals surface area contributed by atoms with Crippen molar-refractivity contribution in [2.45, 2.75) is 46.1 Å². The first kappa shape index (κ1) is 18.6. The lowest BCUT2D eigenvalue weighted by molar-refractivity contribution is -0.132. The monoisotopic (exact) mass is 355 g/mol. The smallest absolute Gasteiger partial charge is 0.230 e.